The van der Waals surface area contributed by atoms with E-state index in [0.29, 0.717) is 31.0 Å². The van der Waals surface area contributed by atoms with Crippen LogP contribution < -0.4 is 20.3 Å². The lowest BCUT2D eigenvalue weighted by Gasteiger charge is -2.10. The Morgan fingerprint density at radius 2 is 1.72 bits per heavy atom. The first-order valence-electron chi connectivity index (χ1n) is 6.91. The van der Waals surface area contributed by atoms with E-state index in [1.807, 2.05) is 0 Å². The van der Waals surface area contributed by atoms with Gasteiger partial charge in [0.15, 0.2) is 6.61 Å². The Morgan fingerprint density at radius 1 is 1.04 bits per heavy atom. The second-order valence-corrected chi connectivity index (χ2v) is 6.86. The smallest absolute Gasteiger partial charge is 0.276 e. The third kappa shape index (κ3) is 5.62. The Hall–Kier alpha value is -1.77. The van der Waals surface area contributed by atoms with Gasteiger partial charge in [0.05, 0.1) is 16.1 Å². The van der Waals surface area contributed by atoms with Crippen LogP contribution in [0.1, 0.15) is 10.4 Å². The molecule has 25 heavy (non-hydrogen) atoms. The van der Waals surface area contributed by atoms with Gasteiger partial charge in [0.25, 0.3) is 11.8 Å². The molecule has 2 rings (SSSR count). The van der Waals surface area contributed by atoms with Gasteiger partial charge in [-0.15, -0.1) is 0 Å². The maximum atomic E-state index is 12.0. The first-order chi connectivity index (χ1) is 11.9. The fourth-order valence-electron chi connectivity index (χ4n) is 1.78. The molecule has 0 radical (unpaired) electrons. The number of amides is 2. The Balaban J connectivity index is 1.85. The highest BCUT2D eigenvalue weighted by Gasteiger charge is 2.11. The van der Waals surface area contributed by atoms with Crippen LogP contribution in [-0.4, -0.2) is 25.5 Å². The molecule has 0 aliphatic carbocycles. The number of hydrogen-bond acceptors (Lipinski definition) is 4. The number of hydrazine groups is 1. The average molecular weight is 493 g/mol. The summed E-state index contributed by atoms with van der Waals surface area (Å²) in [5, 5.41) is 0.543. The molecular formula is C16H13Br2ClN2O4. The van der Waals surface area contributed by atoms with Crippen molar-refractivity contribution < 1.29 is 19.1 Å². The van der Waals surface area contributed by atoms with Crippen molar-refractivity contribution in [1.29, 1.82) is 0 Å². The number of nitrogens with one attached hydrogen (secondary N) is 2. The van der Waals surface area contributed by atoms with Gasteiger partial charge in [-0.3, -0.25) is 20.4 Å². The van der Waals surface area contributed by atoms with Crippen LogP contribution in [0.4, 0.5) is 0 Å². The SMILES string of the molecule is COc1ccc(C(=O)NNC(=O)COc2ccc(Cl)cc2Br)cc1Br. The van der Waals surface area contributed by atoms with Crippen LogP contribution in [-0.2, 0) is 4.79 Å². The van der Waals surface area contributed by atoms with Gasteiger partial charge in [0.2, 0.25) is 0 Å². The first kappa shape index (κ1) is 19.6. The summed E-state index contributed by atoms with van der Waals surface area (Å²) >= 11 is 12.4. The molecule has 0 heterocycles. The van der Waals surface area contributed by atoms with Crippen molar-refractivity contribution in [2.75, 3.05) is 13.7 Å². The van der Waals surface area contributed by atoms with E-state index in [0.717, 1.165) is 0 Å². The zero-order valence-corrected chi connectivity index (χ0v) is 16.9. The summed E-state index contributed by atoms with van der Waals surface area (Å²) in [6.07, 6.45) is 0. The summed E-state index contributed by atoms with van der Waals surface area (Å²) in [7, 11) is 1.53. The van der Waals surface area contributed by atoms with E-state index in [1.54, 1.807) is 36.4 Å². The third-order valence-corrected chi connectivity index (χ3v) is 4.46. The summed E-state index contributed by atoms with van der Waals surface area (Å²) < 4.78 is 11.7. The number of benzene rings is 2. The lowest BCUT2D eigenvalue weighted by Crippen LogP contribution is -2.43. The quantitative estimate of drug-likeness (QED) is 0.624. The fourth-order valence-corrected chi connectivity index (χ4v) is 3.12. The lowest BCUT2D eigenvalue weighted by molar-refractivity contribution is -0.123. The van der Waals surface area contributed by atoms with Gasteiger partial charge in [-0.1, -0.05) is 11.6 Å². The highest BCUT2D eigenvalue weighted by atomic mass is 79.9. The molecule has 0 fully saturated rings. The van der Waals surface area contributed by atoms with Gasteiger partial charge in [0, 0.05) is 10.6 Å². The van der Waals surface area contributed by atoms with E-state index in [1.165, 1.54) is 7.11 Å². The van der Waals surface area contributed by atoms with E-state index in [9.17, 15) is 9.59 Å². The summed E-state index contributed by atoms with van der Waals surface area (Å²) in [5.41, 5.74) is 4.95. The van der Waals surface area contributed by atoms with Gasteiger partial charge in [-0.2, -0.15) is 0 Å². The van der Waals surface area contributed by atoms with Crippen molar-refractivity contribution in [3.63, 3.8) is 0 Å². The van der Waals surface area contributed by atoms with Gasteiger partial charge in [-0.25, -0.2) is 0 Å². The zero-order chi connectivity index (χ0) is 18.4. The lowest BCUT2D eigenvalue weighted by atomic mass is 10.2. The van der Waals surface area contributed by atoms with E-state index < -0.39 is 11.8 Å². The van der Waals surface area contributed by atoms with Crippen LogP contribution in [0.25, 0.3) is 0 Å². The number of carbonyl (C=O) groups is 2. The molecule has 2 amide bonds. The van der Waals surface area contributed by atoms with Crippen molar-refractivity contribution in [3.05, 3.63) is 55.9 Å². The molecule has 0 aromatic heterocycles. The normalized spacial score (nSPS) is 10.1. The summed E-state index contributed by atoms with van der Waals surface area (Å²) in [6, 6.07) is 9.73. The van der Waals surface area contributed by atoms with Crippen LogP contribution >= 0.6 is 43.5 Å². The molecule has 0 unspecified atom stereocenters. The molecule has 0 atom stereocenters. The van der Waals surface area contributed by atoms with E-state index in [2.05, 4.69) is 42.7 Å². The minimum absolute atomic E-state index is 0.271. The topological polar surface area (TPSA) is 76.7 Å². The molecule has 2 aromatic carbocycles. The average Bonchev–Trinajstić information content (AvgIpc) is 2.58. The number of rotatable bonds is 5. The molecule has 0 bridgehead atoms. The van der Waals surface area contributed by atoms with E-state index in [-0.39, 0.29) is 6.61 Å². The molecule has 0 saturated heterocycles. The molecule has 132 valence electrons. The highest BCUT2D eigenvalue weighted by Crippen LogP contribution is 2.28. The predicted octanol–water partition coefficient (Wildman–Crippen LogP) is 3.71. The van der Waals surface area contributed by atoms with Gasteiger partial charge >= 0.3 is 0 Å². The predicted molar refractivity (Wildman–Crippen MR) is 101 cm³/mol. The van der Waals surface area contributed by atoms with Crippen LogP contribution in [0.3, 0.4) is 0 Å². The number of methoxy groups -OCH3 is 1. The zero-order valence-electron chi connectivity index (χ0n) is 12.9. The molecule has 2 N–H and O–H groups in total. The van der Waals surface area contributed by atoms with Crippen molar-refractivity contribution in [3.8, 4) is 11.5 Å². The molecule has 0 aliphatic rings. The van der Waals surface area contributed by atoms with Gasteiger partial charge in [-0.05, 0) is 68.3 Å². The second kappa shape index (κ2) is 9.07. The maximum absolute atomic E-state index is 12.0. The Bertz CT molecular complexity index is 802. The molecule has 2 aromatic rings. The number of carbonyl (C=O) groups excluding carboxylic acids is 2. The largest absolute Gasteiger partial charge is 0.496 e. The third-order valence-electron chi connectivity index (χ3n) is 2.98. The Labute approximate surface area is 166 Å². The van der Waals surface area contributed by atoms with Crippen LogP contribution in [0, 0.1) is 0 Å². The fraction of sp³-hybridized carbons (Fsp3) is 0.125. The molecule has 0 spiro atoms. The van der Waals surface area contributed by atoms with E-state index >= 15 is 0 Å². The molecular weight excluding hydrogens is 479 g/mol. The van der Waals surface area contributed by atoms with Crippen molar-refractivity contribution in [2.24, 2.45) is 0 Å². The Morgan fingerprint density at radius 3 is 2.36 bits per heavy atom. The van der Waals surface area contributed by atoms with E-state index in [4.69, 9.17) is 21.1 Å². The monoisotopic (exact) mass is 490 g/mol. The number of ether oxygens (including phenoxy) is 2. The minimum atomic E-state index is -0.511. The van der Waals surface area contributed by atoms with Crippen LogP contribution in [0.15, 0.2) is 45.3 Å². The summed E-state index contributed by atoms with van der Waals surface area (Å²) in [6.45, 7) is -0.271. The van der Waals surface area contributed by atoms with Gasteiger partial charge < -0.3 is 9.47 Å². The molecule has 9 heteroatoms. The first-order valence-corrected chi connectivity index (χ1v) is 8.87. The molecule has 0 aliphatic heterocycles. The molecule has 0 saturated carbocycles. The summed E-state index contributed by atoms with van der Waals surface area (Å²) in [5.74, 6) is 0.0830. The van der Waals surface area contributed by atoms with Crippen LogP contribution in [0.2, 0.25) is 5.02 Å². The number of hydrogen-bond donors (Lipinski definition) is 2. The minimum Gasteiger partial charge on any atom is -0.496 e. The van der Waals surface area contributed by atoms with Crippen molar-refractivity contribution in [1.82, 2.24) is 10.9 Å². The van der Waals surface area contributed by atoms with Gasteiger partial charge in [0.1, 0.15) is 11.5 Å². The van der Waals surface area contributed by atoms with Crippen LogP contribution in [0.5, 0.6) is 11.5 Å². The van der Waals surface area contributed by atoms with Crippen molar-refractivity contribution in [2.45, 2.75) is 0 Å². The molecule has 6 nitrogen and oxygen atoms in total. The maximum Gasteiger partial charge on any atom is 0.276 e. The Kier molecular flexibility index (Phi) is 7.10. The van der Waals surface area contributed by atoms with Crippen molar-refractivity contribution >= 4 is 55.3 Å². The standard InChI is InChI=1S/C16H13Br2ClN2O4/c1-24-13-4-2-9(6-11(13)17)16(23)21-20-15(22)8-25-14-5-3-10(19)7-12(14)18/h2-7H,8H2,1H3,(H,20,22)(H,21,23). The highest BCUT2D eigenvalue weighted by molar-refractivity contribution is 9.10. The summed E-state index contributed by atoms with van der Waals surface area (Å²) in [4.78, 5) is 23.8. The second-order valence-electron chi connectivity index (χ2n) is 4.72. The number of halogens is 3.